The first-order chi connectivity index (χ1) is 12.9. The molecular formula is C20H27N3O4. The van der Waals surface area contributed by atoms with E-state index in [4.69, 9.17) is 13.9 Å². The van der Waals surface area contributed by atoms with Crippen LogP contribution in [0.5, 0.6) is 11.5 Å². The molecule has 1 N–H and O–H groups in total. The predicted octanol–water partition coefficient (Wildman–Crippen LogP) is 3.20. The average molecular weight is 373 g/mol. The molecule has 0 unspecified atom stereocenters. The number of amides is 1. The number of carbonyl (C=O) groups excluding carboxylic acids is 1. The summed E-state index contributed by atoms with van der Waals surface area (Å²) in [6.07, 6.45) is 1.42. The lowest BCUT2D eigenvalue weighted by Crippen LogP contribution is -2.30. The molecular weight excluding hydrogens is 346 g/mol. The average Bonchev–Trinajstić information content (AvgIpc) is 3.27. The normalized spacial score (nSPS) is 13.0. The summed E-state index contributed by atoms with van der Waals surface area (Å²) < 4.78 is 16.3. The number of hydrogen-bond donors (Lipinski definition) is 1. The summed E-state index contributed by atoms with van der Waals surface area (Å²) in [5.74, 6) is 2.26. The molecule has 1 aliphatic heterocycles. The van der Waals surface area contributed by atoms with E-state index in [1.54, 1.807) is 0 Å². The van der Waals surface area contributed by atoms with Crippen molar-refractivity contribution in [1.29, 1.82) is 0 Å². The van der Waals surface area contributed by atoms with Crippen LogP contribution in [0.4, 0.5) is 0 Å². The minimum absolute atomic E-state index is 0.203. The highest BCUT2D eigenvalue weighted by molar-refractivity contribution is 5.91. The van der Waals surface area contributed by atoms with Crippen molar-refractivity contribution >= 4 is 5.91 Å². The second-order valence-electron chi connectivity index (χ2n) is 7.42. The van der Waals surface area contributed by atoms with E-state index >= 15 is 0 Å². The maximum Gasteiger partial charge on any atom is 0.273 e. The van der Waals surface area contributed by atoms with Crippen LogP contribution in [-0.4, -0.2) is 35.2 Å². The Morgan fingerprint density at radius 2 is 1.96 bits per heavy atom. The Balaban J connectivity index is 1.64. The number of benzene rings is 1. The van der Waals surface area contributed by atoms with Crippen LogP contribution in [0.3, 0.4) is 0 Å². The lowest BCUT2D eigenvalue weighted by molar-refractivity contribution is 0.0944. The molecule has 0 atom stereocenters. The van der Waals surface area contributed by atoms with Crippen LogP contribution in [0.2, 0.25) is 0 Å². The van der Waals surface area contributed by atoms with Crippen LogP contribution in [0.25, 0.3) is 0 Å². The molecule has 27 heavy (non-hydrogen) atoms. The summed E-state index contributed by atoms with van der Waals surface area (Å²) in [6.45, 7) is 10.4. The number of fused-ring (bicyclic) bond motifs is 1. The Bertz CT molecular complexity index is 785. The molecule has 1 aromatic heterocycles. The fourth-order valence-corrected chi connectivity index (χ4v) is 2.74. The highest BCUT2D eigenvalue weighted by atomic mass is 16.7. The van der Waals surface area contributed by atoms with E-state index in [2.05, 4.69) is 29.0 Å². The Morgan fingerprint density at radius 3 is 2.70 bits per heavy atom. The van der Waals surface area contributed by atoms with Gasteiger partial charge in [0.2, 0.25) is 12.7 Å². The maximum atomic E-state index is 12.1. The van der Waals surface area contributed by atoms with Gasteiger partial charge in [0.1, 0.15) is 6.26 Å². The Hall–Kier alpha value is -2.54. The Morgan fingerprint density at radius 1 is 1.19 bits per heavy atom. The second kappa shape index (κ2) is 8.43. The summed E-state index contributed by atoms with van der Waals surface area (Å²) in [6, 6.07) is 6.24. The minimum Gasteiger partial charge on any atom is -0.454 e. The first kappa shape index (κ1) is 19.2. The number of oxazole rings is 1. The molecule has 0 saturated carbocycles. The second-order valence-corrected chi connectivity index (χ2v) is 7.42. The van der Waals surface area contributed by atoms with Crippen LogP contribution in [0.1, 0.15) is 49.6 Å². The number of aromatic nitrogens is 1. The van der Waals surface area contributed by atoms with Gasteiger partial charge in [-0.1, -0.05) is 19.9 Å². The molecule has 7 nitrogen and oxygen atoms in total. The molecule has 1 amide bonds. The van der Waals surface area contributed by atoms with Crippen molar-refractivity contribution in [3.05, 3.63) is 41.6 Å². The van der Waals surface area contributed by atoms with Crippen LogP contribution in [0.15, 0.2) is 28.9 Å². The third-order valence-corrected chi connectivity index (χ3v) is 4.35. The monoisotopic (exact) mass is 373 g/mol. The number of ether oxygens (including phenoxy) is 2. The van der Waals surface area contributed by atoms with Crippen molar-refractivity contribution in [3.63, 3.8) is 0 Å². The standard InChI is InChI=1S/C20H27N3O4/c1-13(2)8-21-20(24)16-11-25-19(22-16)10-23(14(3)4)9-15-5-6-17-18(7-15)27-12-26-17/h5-7,11,13-14H,8-10,12H2,1-4H3,(H,21,24). The van der Waals surface area contributed by atoms with Gasteiger partial charge in [0.05, 0.1) is 6.54 Å². The summed E-state index contributed by atoms with van der Waals surface area (Å²) in [5.41, 5.74) is 1.44. The van der Waals surface area contributed by atoms with Gasteiger partial charge >= 0.3 is 0 Å². The van der Waals surface area contributed by atoms with Gasteiger partial charge in [-0.05, 0) is 37.5 Å². The molecule has 7 heteroatoms. The predicted molar refractivity (Wildman–Crippen MR) is 101 cm³/mol. The molecule has 0 aliphatic carbocycles. The van der Waals surface area contributed by atoms with Crippen molar-refractivity contribution in [2.45, 2.75) is 46.8 Å². The third kappa shape index (κ3) is 5.01. The summed E-state index contributed by atoms with van der Waals surface area (Å²) in [7, 11) is 0. The molecule has 0 fully saturated rings. The smallest absolute Gasteiger partial charge is 0.273 e. The first-order valence-electron chi connectivity index (χ1n) is 9.27. The minimum atomic E-state index is -0.203. The summed E-state index contributed by atoms with van der Waals surface area (Å²) >= 11 is 0. The SMILES string of the molecule is CC(C)CNC(=O)c1coc(CN(Cc2ccc3c(c2)OCO3)C(C)C)n1. The quantitative estimate of drug-likeness (QED) is 0.766. The van der Waals surface area contributed by atoms with Crippen molar-refractivity contribution < 1.29 is 18.7 Å². The van der Waals surface area contributed by atoms with E-state index in [1.165, 1.54) is 6.26 Å². The van der Waals surface area contributed by atoms with Crippen LogP contribution in [0, 0.1) is 5.92 Å². The zero-order valence-electron chi connectivity index (χ0n) is 16.3. The molecule has 2 aromatic rings. The van der Waals surface area contributed by atoms with Gasteiger partial charge in [0.15, 0.2) is 17.2 Å². The highest BCUT2D eigenvalue weighted by Gasteiger charge is 2.19. The van der Waals surface area contributed by atoms with Crippen LogP contribution in [-0.2, 0) is 13.1 Å². The van der Waals surface area contributed by atoms with Gasteiger partial charge < -0.3 is 19.2 Å². The number of carbonyl (C=O) groups is 1. The zero-order valence-corrected chi connectivity index (χ0v) is 16.3. The van der Waals surface area contributed by atoms with Crippen LogP contribution < -0.4 is 14.8 Å². The topological polar surface area (TPSA) is 76.8 Å². The van der Waals surface area contributed by atoms with Gasteiger partial charge in [-0.15, -0.1) is 0 Å². The van der Waals surface area contributed by atoms with Gasteiger partial charge in [-0.3, -0.25) is 9.69 Å². The van der Waals surface area contributed by atoms with E-state index in [9.17, 15) is 4.79 Å². The fourth-order valence-electron chi connectivity index (χ4n) is 2.74. The van der Waals surface area contributed by atoms with Gasteiger partial charge in [0.25, 0.3) is 5.91 Å². The summed E-state index contributed by atoms with van der Waals surface area (Å²) in [4.78, 5) is 18.7. The zero-order chi connectivity index (χ0) is 19.4. The van der Waals surface area contributed by atoms with Crippen molar-refractivity contribution in [2.75, 3.05) is 13.3 Å². The number of hydrogen-bond acceptors (Lipinski definition) is 6. The lowest BCUT2D eigenvalue weighted by atomic mass is 10.1. The van der Waals surface area contributed by atoms with E-state index in [-0.39, 0.29) is 18.7 Å². The van der Waals surface area contributed by atoms with E-state index in [0.717, 1.165) is 17.1 Å². The highest BCUT2D eigenvalue weighted by Crippen LogP contribution is 2.33. The molecule has 3 rings (SSSR count). The molecule has 0 bridgehead atoms. The lowest BCUT2D eigenvalue weighted by Gasteiger charge is -2.25. The number of nitrogens with zero attached hydrogens (tertiary/aromatic N) is 2. The van der Waals surface area contributed by atoms with E-state index < -0.39 is 0 Å². The van der Waals surface area contributed by atoms with E-state index in [1.807, 2.05) is 32.0 Å². The molecule has 1 aromatic carbocycles. The van der Waals surface area contributed by atoms with Crippen molar-refractivity contribution in [1.82, 2.24) is 15.2 Å². The van der Waals surface area contributed by atoms with E-state index in [0.29, 0.717) is 37.1 Å². The van der Waals surface area contributed by atoms with Gasteiger partial charge in [0, 0.05) is 19.1 Å². The number of rotatable bonds is 8. The third-order valence-electron chi connectivity index (χ3n) is 4.35. The summed E-state index contributed by atoms with van der Waals surface area (Å²) in [5, 5.41) is 2.85. The van der Waals surface area contributed by atoms with Crippen molar-refractivity contribution in [3.8, 4) is 11.5 Å². The molecule has 0 spiro atoms. The first-order valence-corrected chi connectivity index (χ1v) is 9.27. The molecule has 2 heterocycles. The molecule has 146 valence electrons. The van der Waals surface area contributed by atoms with Gasteiger partial charge in [-0.25, -0.2) is 4.98 Å². The molecule has 1 aliphatic rings. The largest absolute Gasteiger partial charge is 0.454 e. The van der Waals surface area contributed by atoms with Crippen LogP contribution >= 0.6 is 0 Å². The fraction of sp³-hybridized carbons (Fsp3) is 0.500. The molecule has 0 saturated heterocycles. The Labute approximate surface area is 159 Å². The van der Waals surface area contributed by atoms with Gasteiger partial charge in [-0.2, -0.15) is 0 Å². The molecule has 0 radical (unpaired) electrons. The Kier molecular flexibility index (Phi) is 6.01. The maximum absolute atomic E-state index is 12.1. The number of nitrogens with one attached hydrogen (secondary N) is 1. The van der Waals surface area contributed by atoms with Crippen molar-refractivity contribution in [2.24, 2.45) is 5.92 Å².